The highest BCUT2D eigenvalue weighted by atomic mass is 32.2. The van der Waals surface area contributed by atoms with Gasteiger partial charge < -0.3 is 19.4 Å². The Labute approximate surface area is 185 Å². The van der Waals surface area contributed by atoms with Crippen LogP contribution in [0.25, 0.3) is 0 Å². The molecule has 1 aromatic heterocycles. The van der Waals surface area contributed by atoms with E-state index >= 15 is 0 Å². The number of hydrogen-bond acceptors (Lipinski definition) is 5. The number of benzene rings is 2. The van der Waals surface area contributed by atoms with Gasteiger partial charge in [0.25, 0.3) is 5.91 Å². The molecule has 0 unspecified atom stereocenters. The molecule has 1 N–H and O–H groups in total. The summed E-state index contributed by atoms with van der Waals surface area (Å²) in [4.78, 5) is 26.7. The molecular weight excluding hydrogens is 412 g/mol. The van der Waals surface area contributed by atoms with E-state index in [0.717, 1.165) is 22.6 Å². The first-order valence-corrected chi connectivity index (χ1v) is 11.2. The number of hydrogen-bond donors (Lipinski definition) is 1. The minimum Gasteiger partial charge on any atom is -0.494 e. The molecule has 160 valence electrons. The van der Waals surface area contributed by atoms with Crippen molar-refractivity contribution in [2.24, 2.45) is 0 Å². The lowest BCUT2D eigenvalue weighted by molar-refractivity contribution is -0.128. The summed E-state index contributed by atoms with van der Waals surface area (Å²) in [7, 11) is 0. The number of nitrogens with one attached hydrogen (secondary N) is 1. The van der Waals surface area contributed by atoms with E-state index in [-0.39, 0.29) is 17.2 Å². The molecule has 1 aliphatic heterocycles. The van der Waals surface area contributed by atoms with Gasteiger partial charge in [-0.25, -0.2) is 0 Å². The summed E-state index contributed by atoms with van der Waals surface area (Å²) >= 11 is 1.58. The van der Waals surface area contributed by atoms with Crippen molar-refractivity contribution in [3.8, 4) is 5.75 Å². The summed E-state index contributed by atoms with van der Waals surface area (Å²) < 4.78 is 10.9. The molecule has 0 bridgehead atoms. The molecule has 3 aromatic rings. The Kier molecular flexibility index (Phi) is 6.62. The van der Waals surface area contributed by atoms with E-state index in [0.29, 0.717) is 31.0 Å². The molecule has 0 saturated carbocycles. The number of rotatable bonds is 8. The van der Waals surface area contributed by atoms with Gasteiger partial charge in [-0.2, -0.15) is 0 Å². The number of nitrogens with zero attached hydrogens (tertiary/aromatic N) is 1. The molecule has 2 aromatic carbocycles. The smallest absolute Gasteiger partial charge is 0.251 e. The SMILES string of the molecule is CCOc1cccc(CNC(=O)c2ccc([C@@H]3SCC(=O)N3Cc3ccco3)cc2)c1. The second-order valence-corrected chi connectivity index (χ2v) is 8.22. The van der Waals surface area contributed by atoms with E-state index in [2.05, 4.69) is 5.32 Å². The van der Waals surface area contributed by atoms with Crippen molar-refractivity contribution in [3.63, 3.8) is 0 Å². The molecule has 2 heterocycles. The average Bonchev–Trinajstić information content (AvgIpc) is 3.43. The van der Waals surface area contributed by atoms with Gasteiger partial charge in [0.1, 0.15) is 16.9 Å². The van der Waals surface area contributed by atoms with Crippen molar-refractivity contribution in [2.75, 3.05) is 12.4 Å². The maximum atomic E-state index is 12.6. The Morgan fingerprint density at radius 1 is 1.19 bits per heavy atom. The standard InChI is InChI=1S/C24H24N2O4S/c1-2-29-20-6-3-5-17(13-20)14-25-23(28)18-8-10-19(11-9-18)24-26(22(27)16-31-24)15-21-7-4-12-30-21/h3-13,24H,2,14-16H2,1H3,(H,25,28)/t24-/m0/s1. The Hall–Kier alpha value is -3.19. The van der Waals surface area contributed by atoms with Crippen LogP contribution in [0.1, 0.15) is 39.5 Å². The Balaban J connectivity index is 1.38. The van der Waals surface area contributed by atoms with E-state index < -0.39 is 0 Å². The minimum atomic E-state index is -0.143. The van der Waals surface area contributed by atoms with Crippen LogP contribution in [0, 0.1) is 0 Å². The van der Waals surface area contributed by atoms with Gasteiger partial charge in [0.05, 0.1) is 25.2 Å². The molecule has 2 amide bonds. The fraction of sp³-hybridized carbons (Fsp3) is 0.250. The van der Waals surface area contributed by atoms with Crippen molar-refractivity contribution in [1.29, 1.82) is 0 Å². The van der Waals surface area contributed by atoms with Gasteiger partial charge in [-0.15, -0.1) is 11.8 Å². The summed E-state index contributed by atoms with van der Waals surface area (Å²) in [6.07, 6.45) is 1.61. The van der Waals surface area contributed by atoms with Crippen molar-refractivity contribution >= 4 is 23.6 Å². The van der Waals surface area contributed by atoms with Crippen LogP contribution < -0.4 is 10.1 Å². The number of carbonyl (C=O) groups is 2. The zero-order valence-corrected chi connectivity index (χ0v) is 18.1. The number of amides is 2. The maximum Gasteiger partial charge on any atom is 0.251 e. The van der Waals surface area contributed by atoms with E-state index in [1.54, 1.807) is 30.2 Å². The lowest BCUT2D eigenvalue weighted by Crippen LogP contribution is -2.27. The third-order valence-corrected chi connectivity index (χ3v) is 6.25. The predicted molar refractivity (Wildman–Crippen MR) is 120 cm³/mol. The minimum absolute atomic E-state index is 0.0857. The second-order valence-electron chi connectivity index (χ2n) is 7.15. The topological polar surface area (TPSA) is 71.8 Å². The highest BCUT2D eigenvalue weighted by Gasteiger charge is 2.33. The van der Waals surface area contributed by atoms with Gasteiger partial charge in [-0.1, -0.05) is 24.3 Å². The number of ether oxygens (including phenoxy) is 1. The molecule has 1 aliphatic rings. The Morgan fingerprint density at radius 3 is 2.77 bits per heavy atom. The summed E-state index contributed by atoms with van der Waals surface area (Å²) in [5.74, 6) is 1.93. The van der Waals surface area contributed by atoms with Crippen LogP contribution in [0.15, 0.2) is 71.3 Å². The summed E-state index contributed by atoms with van der Waals surface area (Å²) in [5.41, 5.74) is 2.55. The average molecular weight is 437 g/mol. The van der Waals surface area contributed by atoms with Crippen LogP contribution in [0.2, 0.25) is 0 Å². The molecule has 7 heteroatoms. The van der Waals surface area contributed by atoms with Gasteiger partial charge >= 0.3 is 0 Å². The molecule has 0 spiro atoms. The van der Waals surface area contributed by atoms with E-state index in [1.165, 1.54) is 0 Å². The van der Waals surface area contributed by atoms with Gasteiger partial charge in [-0.05, 0) is 54.4 Å². The van der Waals surface area contributed by atoms with Crippen molar-refractivity contribution in [1.82, 2.24) is 10.2 Å². The fourth-order valence-electron chi connectivity index (χ4n) is 3.47. The molecule has 1 saturated heterocycles. The number of carbonyl (C=O) groups excluding carboxylic acids is 2. The molecule has 6 nitrogen and oxygen atoms in total. The predicted octanol–water partition coefficient (Wildman–Crippen LogP) is 4.38. The molecule has 1 fully saturated rings. The highest BCUT2D eigenvalue weighted by Crippen LogP contribution is 2.39. The van der Waals surface area contributed by atoms with Crippen molar-refractivity contribution in [3.05, 3.63) is 89.4 Å². The van der Waals surface area contributed by atoms with Crippen LogP contribution in [-0.4, -0.2) is 29.1 Å². The first kappa shape index (κ1) is 21.1. The van der Waals surface area contributed by atoms with E-state index in [4.69, 9.17) is 9.15 Å². The second kappa shape index (κ2) is 9.75. The summed E-state index contributed by atoms with van der Waals surface area (Å²) in [5, 5.41) is 2.86. The maximum absolute atomic E-state index is 12.6. The van der Waals surface area contributed by atoms with E-state index in [1.807, 2.05) is 60.4 Å². The molecular formula is C24H24N2O4S. The molecule has 0 aliphatic carbocycles. The van der Waals surface area contributed by atoms with E-state index in [9.17, 15) is 9.59 Å². The number of thioether (sulfide) groups is 1. The van der Waals surface area contributed by atoms with Gasteiger partial charge in [-0.3, -0.25) is 9.59 Å². The van der Waals surface area contributed by atoms with Crippen LogP contribution in [0.5, 0.6) is 5.75 Å². The highest BCUT2D eigenvalue weighted by molar-refractivity contribution is 8.00. The monoisotopic (exact) mass is 436 g/mol. The number of furan rings is 1. The molecule has 1 atom stereocenters. The zero-order valence-electron chi connectivity index (χ0n) is 17.2. The first-order chi connectivity index (χ1) is 15.1. The molecule has 0 radical (unpaired) electrons. The normalized spacial score (nSPS) is 15.8. The molecule has 4 rings (SSSR count). The third kappa shape index (κ3) is 5.11. The Morgan fingerprint density at radius 2 is 2.03 bits per heavy atom. The third-order valence-electron chi connectivity index (χ3n) is 4.99. The van der Waals surface area contributed by atoms with Gasteiger partial charge in [0.2, 0.25) is 5.91 Å². The van der Waals surface area contributed by atoms with Crippen molar-refractivity contribution < 1.29 is 18.7 Å². The zero-order chi connectivity index (χ0) is 21.6. The van der Waals surface area contributed by atoms with Crippen LogP contribution in [0.3, 0.4) is 0 Å². The summed E-state index contributed by atoms with van der Waals surface area (Å²) in [6.45, 7) is 3.40. The van der Waals surface area contributed by atoms with Crippen molar-refractivity contribution in [2.45, 2.75) is 25.4 Å². The van der Waals surface area contributed by atoms with Gasteiger partial charge in [0, 0.05) is 12.1 Å². The van der Waals surface area contributed by atoms with Crippen LogP contribution in [-0.2, 0) is 17.9 Å². The lowest BCUT2D eigenvalue weighted by atomic mass is 10.1. The quantitative estimate of drug-likeness (QED) is 0.567. The molecule has 31 heavy (non-hydrogen) atoms. The first-order valence-electron chi connectivity index (χ1n) is 10.2. The Bertz CT molecular complexity index is 1030. The fourth-order valence-corrected chi connectivity index (χ4v) is 4.65. The van der Waals surface area contributed by atoms with Gasteiger partial charge in [0.15, 0.2) is 0 Å². The van der Waals surface area contributed by atoms with Crippen LogP contribution in [0.4, 0.5) is 0 Å². The summed E-state index contributed by atoms with van der Waals surface area (Å²) in [6, 6.07) is 18.8. The largest absolute Gasteiger partial charge is 0.494 e. The van der Waals surface area contributed by atoms with Crippen LogP contribution >= 0.6 is 11.8 Å². The lowest BCUT2D eigenvalue weighted by Gasteiger charge is -2.23.